The van der Waals surface area contributed by atoms with Crippen molar-refractivity contribution in [3.8, 4) is 0 Å². The van der Waals surface area contributed by atoms with E-state index >= 15 is 0 Å². The van der Waals surface area contributed by atoms with E-state index in [1.807, 2.05) is 66.7 Å². The lowest BCUT2D eigenvalue weighted by Gasteiger charge is -2.05. The topological polar surface area (TPSA) is 29.4 Å². The van der Waals surface area contributed by atoms with E-state index in [4.69, 9.17) is 0 Å². The summed E-state index contributed by atoms with van der Waals surface area (Å²) in [5.74, 6) is 0. The van der Waals surface area contributed by atoms with Crippen molar-refractivity contribution in [1.29, 1.82) is 0 Å². The zero-order valence-electron chi connectivity index (χ0n) is 11.2. The van der Waals surface area contributed by atoms with E-state index in [1.165, 1.54) is 0 Å². The minimum absolute atomic E-state index is 0.750. The van der Waals surface area contributed by atoms with Crippen molar-refractivity contribution in [1.82, 2.24) is 0 Å². The van der Waals surface area contributed by atoms with Crippen LogP contribution in [0, 0.1) is 0 Å². The maximum absolute atomic E-state index is 12.7. The van der Waals surface area contributed by atoms with E-state index in [2.05, 4.69) is 10.4 Å². The Kier molecular flexibility index (Phi) is 3.28. The van der Waals surface area contributed by atoms with Gasteiger partial charge in [0, 0.05) is 11.2 Å². The molecule has 0 spiro atoms. The molecule has 0 saturated carbocycles. The highest BCUT2D eigenvalue weighted by Crippen LogP contribution is 2.24. The Balaban J connectivity index is 2.12. The number of benzene rings is 3. The summed E-state index contributed by atoms with van der Waals surface area (Å²) >= 11 is 0. The summed E-state index contributed by atoms with van der Waals surface area (Å²) in [5, 5.41) is 2.27. The van der Waals surface area contributed by atoms with Gasteiger partial charge in [0.15, 0.2) is 0 Å². The first-order valence-electron chi connectivity index (χ1n) is 6.41. The minimum atomic E-state index is -2.41. The molecule has 0 heterocycles. The van der Waals surface area contributed by atoms with E-state index in [0.29, 0.717) is 0 Å². The van der Waals surface area contributed by atoms with Gasteiger partial charge in [0.1, 0.15) is 0 Å². The zero-order valence-corrected chi connectivity index (χ0v) is 12.0. The molecule has 1 unspecified atom stereocenters. The van der Waals surface area contributed by atoms with Crippen molar-refractivity contribution in [3.63, 3.8) is 0 Å². The third-order valence-electron chi connectivity index (χ3n) is 3.19. The van der Waals surface area contributed by atoms with Crippen LogP contribution in [0.1, 0.15) is 0 Å². The Morgan fingerprint density at radius 3 is 2.20 bits per heavy atom. The monoisotopic (exact) mass is 281 g/mol. The van der Waals surface area contributed by atoms with E-state index in [-0.39, 0.29) is 0 Å². The van der Waals surface area contributed by atoms with Crippen LogP contribution in [0.15, 0.2) is 82.1 Å². The maximum atomic E-state index is 12.7. The molecule has 0 aliphatic heterocycles. The summed E-state index contributed by atoms with van der Waals surface area (Å²) in [6.07, 6.45) is 1.68. The average Bonchev–Trinajstić information content (AvgIpc) is 2.48. The summed E-state index contributed by atoms with van der Waals surface area (Å²) in [6, 6.07) is 23.4. The molecule has 0 aromatic heterocycles. The first-order valence-corrected chi connectivity index (χ1v) is 8.33. The van der Waals surface area contributed by atoms with Crippen LogP contribution in [-0.4, -0.2) is 10.5 Å². The Hall–Kier alpha value is -2.13. The van der Waals surface area contributed by atoms with Crippen LogP contribution in [0.2, 0.25) is 0 Å². The molecular formula is C17H15NOS. The predicted octanol–water partition coefficient (Wildman–Crippen LogP) is 4.63. The van der Waals surface area contributed by atoms with Crippen LogP contribution in [0.5, 0.6) is 0 Å². The molecule has 2 nitrogen and oxygen atoms in total. The fraction of sp³-hybridized carbons (Fsp3) is 0.0588. The number of fused-ring (bicyclic) bond motifs is 1. The minimum Gasteiger partial charge on any atom is -0.245 e. The first kappa shape index (κ1) is 12.9. The van der Waals surface area contributed by atoms with Crippen molar-refractivity contribution in [2.24, 2.45) is 4.36 Å². The highest BCUT2D eigenvalue weighted by atomic mass is 32.2. The lowest BCUT2D eigenvalue weighted by Crippen LogP contribution is -1.96. The van der Waals surface area contributed by atoms with Gasteiger partial charge in [0.05, 0.1) is 15.4 Å². The molecule has 1 atom stereocenters. The van der Waals surface area contributed by atoms with Crippen LogP contribution < -0.4 is 0 Å². The van der Waals surface area contributed by atoms with Crippen molar-refractivity contribution >= 4 is 26.2 Å². The summed E-state index contributed by atoms with van der Waals surface area (Å²) < 4.78 is 17.2. The standard InChI is InChI=1S/C17H15NOS/c1-20(19,17-9-3-2-4-10-17)18-16-12-11-14-7-5-6-8-15(14)13-16/h2-13H,1H3. The van der Waals surface area contributed by atoms with Gasteiger partial charge in [-0.2, -0.15) is 4.36 Å². The van der Waals surface area contributed by atoms with Gasteiger partial charge in [-0.25, -0.2) is 4.21 Å². The molecule has 3 rings (SSSR count). The lowest BCUT2D eigenvalue weighted by molar-refractivity contribution is 0.681. The largest absolute Gasteiger partial charge is 0.245 e. The Bertz CT molecular complexity index is 862. The van der Waals surface area contributed by atoms with E-state index < -0.39 is 9.73 Å². The van der Waals surface area contributed by atoms with Crippen molar-refractivity contribution < 1.29 is 4.21 Å². The maximum Gasteiger partial charge on any atom is 0.0771 e. The van der Waals surface area contributed by atoms with E-state index in [0.717, 1.165) is 21.4 Å². The highest BCUT2D eigenvalue weighted by molar-refractivity contribution is 7.93. The summed E-state index contributed by atoms with van der Waals surface area (Å²) in [5.41, 5.74) is 0.750. The van der Waals surface area contributed by atoms with Crippen molar-refractivity contribution in [3.05, 3.63) is 72.8 Å². The number of hydrogen-bond acceptors (Lipinski definition) is 2. The Labute approximate surface area is 119 Å². The van der Waals surface area contributed by atoms with Gasteiger partial charge in [-0.3, -0.25) is 0 Å². The van der Waals surface area contributed by atoms with Gasteiger partial charge in [-0.1, -0.05) is 48.5 Å². The predicted molar refractivity (Wildman–Crippen MR) is 84.8 cm³/mol. The van der Waals surface area contributed by atoms with Gasteiger partial charge >= 0.3 is 0 Å². The molecule has 0 amide bonds. The van der Waals surface area contributed by atoms with Gasteiger partial charge in [-0.15, -0.1) is 0 Å². The lowest BCUT2D eigenvalue weighted by atomic mass is 10.1. The molecular weight excluding hydrogens is 266 g/mol. The van der Waals surface area contributed by atoms with E-state index in [1.54, 1.807) is 6.26 Å². The number of nitrogens with zero attached hydrogens (tertiary/aromatic N) is 1. The quantitative estimate of drug-likeness (QED) is 0.673. The smallest absolute Gasteiger partial charge is 0.0771 e. The molecule has 0 fully saturated rings. The van der Waals surface area contributed by atoms with Crippen molar-refractivity contribution in [2.45, 2.75) is 4.90 Å². The molecule has 0 aliphatic rings. The van der Waals surface area contributed by atoms with Crippen LogP contribution in [0.3, 0.4) is 0 Å². The summed E-state index contributed by atoms with van der Waals surface area (Å²) in [6.45, 7) is 0. The molecule has 0 radical (unpaired) electrons. The molecule has 3 aromatic carbocycles. The molecule has 100 valence electrons. The van der Waals surface area contributed by atoms with Gasteiger partial charge in [0.2, 0.25) is 0 Å². The van der Waals surface area contributed by atoms with Crippen LogP contribution in [-0.2, 0) is 9.73 Å². The normalized spacial score (nSPS) is 13.8. The SMILES string of the molecule is CS(=O)(=Nc1ccc2ccccc2c1)c1ccccc1. The fourth-order valence-electron chi connectivity index (χ4n) is 2.16. The van der Waals surface area contributed by atoms with Gasteiger partial charge < -0.3 is 0 Å². The van der Waals surface area contributed by atoms with Crippen LogP contribution >= 0.6 is 0 Å². The number of rotatable bonds is 2. The third kappa shape index (κ3) is 2.58. The molecule has 0 N–H and O–H groups in total. The highest BCUT2D eigenvalue weighted by Gasteiger charge is 2.05. The summed E-state index contributed by atoms with van der Waals surface area (Å²) in [4.78, 5) is 0.758. The summed E-state index contributed by atoms with van der Waals surface area (Å²) in [7, 11) is -2.41. The molecule has 0 saturated heterocycles. The Morgan fingerprint density at radius 1 is 0.800 bits per heavy atom. The molecule has 3 aromatic rings. The van der Waals surface area contributed by atoms with Gasteiger partial charge in [0.25, 0.3) is 0 Å². The second-order valence-electron chi connectivity index (χ2n) is 4.74. The molecule has 0 aliphatic carbocycles. The number of hydrogen-bond donors (Lipinski definition) is 0. The Morgan fingerprint density at radius 2 is 1.45 bits per heavy atom. The average molecular weight is 281 g/mol. The fourth-order valence-corrected chi connectivity index (χ4v) is 3.44. The molecule has 3 heteroatoms. The first-order chi connectivity index (χ1) is 9.65. The van der Waals surface area contributed by atoms with Crippen LogP contribution in [0.25, 0.3) is 10.8 Å². The van der Waals surface area contributed by atoms with Crippen LogP contribution in [0.4, 0.5) is 5.69 Å². The second kappa shape index (κ2) is 5.10. The molecule has 0 bridgehead atoms. The van der Waals surface area contributed by atoms with Gasteiger partial charge in [-0.05, 0) is 35.0 Å². The second-order valence-corrected chi connectivity index (χ2v) is 7.00. The third-order valence-corrected chi connectivity index (χ3v) is 4.90. The zero-order chi connectivity index (χ0) is 14.0. The van der Waals surface area contributed by atoms with E-state index in [9.17, 15) is 4.21 Å². The van der Waals surface area contributed by atoms with Crippen molar-refractivity contribution in [2.75, 3.05) is 6.26 Å². The molecule has 20 heavy (non-hydrogen) atoms.